The van der Waals surface area contributed by atoms with Crippen LogP contribution in [0.25, 0.3) is 0 Å². The van der Waals surface area contributed by atoms with E-state index in [2.05, 4.69) is 43.0 Å². The van der Waals surface area contributed by atoms with E-state index in [1.807, 2.05) is 59.5 Å². The Morgan fingerprint density at radius 1 is 0.943 bits per heavy atom. The molecule has 2 aliphatic rings. The predicted molar refractivity (Wildman–Crippen MR) is 149 cm³/mol. The van der Waals surface area contributed by atoms with Crippen molar-refractivity contribution in [3.05, 3.63) is 105 Å². The summed E-state index contributed by atoms with van der Waals surface area (Å²) in [5.41, 5.74) is 3.39. The quantitative estimate of drug-likeness (QED) is 0.318. The zero-order chi connectivity index (χ0) is 24.4. The Morgan fingerprint density at radius 2 is 1.66 bits per heavy atom. The van der Waals surface area contributed by atoms with Crippen LogP contribution in [0.5, 0.6) is 0 Å². The van der Waals surface area contributed by atoms with E-state index >= 15 is 0 Å². The number of anilines is 1. The maximum absolute atomic E-state index is 13.8. The second-order valence-electron chi connectivity index (χ2n) is 8.39. The number of rotatable bonds is 6. The van der Waals surface area contributed by atoms with E-state index in [1.54, 1.807) is 11.8 Å². The van der Waals surface area contributed by atoms with Gasteiger partial charge in [0.15, 0.2) is 5.17 Å². The first-order valence-corrected chi connectivity index (χ1v) is 13.7. The molecule has 3 aromatic rings. The minimum absolute atomic E-state index is 0.0183. The van der Waals surface area contributed by atoms with E-state index in [4.69, 9.17) is 16.6 Å². The van der Waals surface area contributed by atoms with Gasteiger partial charge in [0.2, 0.25) is 0 Å². The molecule has 1 fully saturated rings. The van der Waals surface area contributed by atoms with Gasteiger partial charge in [0.25, 0.3) is 5.91 Å². The summed E-state index contributed by atoms with van der Waals surface area (Å²) in [6.07, 6.45) is 0.773. The van der Waals surface area contributed by atoms with Crippen molar-refractivity contribution in [3.8, 4) is 0 Å². The summed E-state index contributed by atoms with van der Waals surface area (Å²) < 4.78 is 0. The van der Waals surface area contributed by atoms with Crippen LogP contribution in [0.15, 0.2) is 98.7 Å². The summed E-state index contributed by atoms with van der Waals surface area (Å²) in [6, 6.07) is 26.3. The molecule has 178 valence electrons. The number of carbonyl (C=O) groups is 1. The van der Waals surface area contributed by atoms with Gasteiger partial charge in [-0.05, 0) is 61.4 Å². The van der Waals surface area contributed by atoms with Crippen LogP contribution in [0.3, 0.4) is 0 Å². The molecule has 0 aromatic heterocycles. The Kier molecular flexibility index (Phi) is 7.23. The molecule has 0 N–H and O–H groups in total. The van der Waals surface area contributed by atoms with Crippen LogP contribution in [0, 0.1) is 0 Å². The van der Waals surface area contributed by atoms with Crippen molar-refractivity contribution in [1.82, 2.24) is 4.90 Å². The monoisotopic (exact) mass is 519 g/mol. The van der Waals surface area contributed by atoms with Gasteiger partial charge in [0, 0.05) is 23.0 Å². The van der Waals surface area contributed by atoms with Gasteiger partial charge in [-0.3, -0.25) is 14.7 Å². The van der Waals surface area contributed by atoms with Crippen molar-refractivity contribution in [2.75, 3.05) is 18.0 Å². The molecule has 1 amide bonds. The highest BCUT2D eigenvalue weighted by molar-refractivity contribution is 8.19. The fraction of sp³-hybridized carbons (Fsp3) is 0.214. The second kappa shape index (κ2) is 10.5. The fourth-order valence-corrected chi connectivity index (χ4v) is 6.85. The molecule has 2 heterocycles. The molecule has 7 heteroatoms. The zero-order valence-corrected chi connectivity index (χ0v) is 22.0. The Balaban J connectivity index is 1.50. The van der Waals surface area contributed by atoms with Crippen molar-refractivity contribution in [2.24, 2.45) is 4.99 Å². The lowest BCUT2D eigenvalue weighted by atomic mass is 10.1. The summed E-state index contributed by atoms with van der Waals surface area (Å²) in [4.78, 5) is 24.7. The van der Waals surface area contributed by atoms with Crippen molar-refractivity contribution < 1.29 is 4.79 Å². The molecule has 35 heavy (non-hydrogen) atoms. The van der Waals surface area contributed by atoms with E-state index in [0.717, 1.165) is 44.2 Å². The van der Waals surface area contributed by atoms with Crippen LogP contribution >= 0.6 is 35.1 Å². The van der Waals surface area contributed by atoms with Gasteiger partial charge in [-0.25, -0.2) is 0 Å². The Hall–Kier alpha value is -2.67. The molecule has 2 aliphatic heterocycles. The normalized spacial score (nSPS) is 19.5. The number of amides is 1. The molecule has 1 unspecified atom stereocenters. The molecule has 3 aromatic carbocycles. The van der Waals surface area contributed by atoms with Gasteiger partial charge in [-0.2, -0.15) is 0 Å². The van der Waals surface area contributed by atoms with E-state index in [0.29, 0.717) is 11.6 Å². The fourth-order valence-electron chi connectivity index (χ4n) is 4.22. The largest absolute Gasteiger partial charge is 0.334 e. The lowest BCUT2D eigenvalue weighted by Gasteiger charge is -2.19. The van der Waals surface area contributed by atoms with Gasteiger partial charge < -0.3 is 4.90 Å². The van der Waals surface area contributed by atoms with E-state index < -0.39 is 0 Å². The average molecular weight is 520 g/mol. The van der Waals surface area contributed by atoms with Crippen LogP contribution in [0.2, 0.25) is 5.02 Å². The Labute approximate surface area is 220 Å². The second-order valence-corrected chi connectivity index (χ2v) is 10.8. The Morgan fingerprint density at radius 3 is 2.37 bits per heavy atom. The van der Waals surface area contributed by atoms with Crippen LogP contribution in [0.1, 0.15) is 31.0 Å². The summed E-state index contributed by atoms with van der Waals surface area (Å²) in [6.45, 7) is 5.52. The van der Waals surface area contributed by atoms with E-state index in [-0.39, 0.29) is 11.9 Å². The van der Waals surface area contributed by atoms with Crippen molar-refractivity contribution in [3.63, 3.8) is 0 Å². The minimum Gasteiger partial charge on any atom is -0.334 e. The number of hydrogen-bond donors (Lipinski definition) is 0. The molecule has 0 radical (unpaired) electrons. The van der Waals surface area contributed by atoms with Crippen LogP contribution < -0.4 is 4.90 Å². The molecule has 0 bridgehead atoms. The number of carbonyl (C=O) groups excluding carboxylic acids is 1. The molecule has 5 rings (SSSR count). The summed E-state index contributed by atoms with van der Waals surface area (Å²) in [5, 5.41) is 2.42. The number of amidine groups is 1. The first-order valence-electron chi connectivity index (χ1n) is 11.7. The lowest BCUT2D eigenvalue weighted by Crippen LogP contribution is -2.32. The van der Waals surface area contributed by atoms with Crippen LogP contribution in [-0.4, -0.2) is 29.1 Å². The van der Waals surface area contributed by atoms with Crippen LogP contribution in [-0.2, 0) is 11.2 Å². The highest BCUT2D eigenvalue weighted by Gasteiger charge is 2.39. The molecule has 1 saturated heterocycles. The van der Waals surface area contributed by atoms with Gasteiger partial charge in [0.1, 0.15) is 9.93 Å². The van der Waals surface area contributed by atoms with Crippen LogP contribution in [0.4, 0.5) is 5.69 Å². The van der Waals surface area contributed by atoms with Crippen molar-refractivity contribution in [2.45, 2.75) is 31.2 Å². The zero-order valence-electron chi connectivity index (χ0n) is 19.6. The first-order chi connectivity index (χ1) is 17.0. The molecule has 4 nitrogen and oxygen atoms in total. The third-order valence-corrected chi connectivity index (χ3v) is 8.72. The summed E-state index contributed by atoms with van der Waals surface area (Å²) in [5.74, 6) is 0.0183. The number of nitrogens with zero attached hydrogens (tertiary/aromatic N) is 3. The van der Waals surface area contributed by atoms with Crippen molar-refractivity contribution >= 4 is 51.9 Å². The number of thioether (sulfide) groups is 2. The number of benzene rings is 3. The topological polar surface area (TPSA) is 35.9 Å². The summed E-state index contributed by atoms with van der Waals surface area (Å²) in [7, 11) is 0. The van der Waals surface area contributed by atoms with Gasteiger partial charge in [0.05, 0.1) is 11.7 Å². The predicted octanol–water partition coefficient (Wildman–Crippen LogP) is 7.38. The SMILES string of the molecule is CCN1/C(=C2/SC(=NC(C)c3ccccc3)N(CCc3ccccc3)C2=O)Sc2ccc(Cl)cc21. The number of aliphatic imine (C=N–C) groups is 1. The molecule has 0 saturated carbocycles. The van der Waals surface area contributed by atoms with Gasteiger partial charge in [-0.1, -0.05) is 84.0 Å². The maximum Gasteiger partial charge on any atom is 0.269 e. The molecular weight excluding hydrogens is 494 g/mol. The summed E-state index contributed by atoms with van der Waals surface area (Å²) >= 11 is 9.41. The lowest BCUT2D eigenvalue weighted by molar-refractivity contribution is -0.122. The van der Waals surface area contributed by atoms with Crippen molar-refractivity contribution in [1.29, 1.82) is 0 Å². The average Bonchev–Trinajstić information content (AvgIpc) is 3.39. The molecular formula is C28H26ClN3OS2. The van der Waals surface area contributed by atoms with E-state index in [1.165, 1.54) is 17.3 Å². The van der Waals surface area contributed by atoms with Gasteiger partial charge >= 0.3 is 0 Å². The third-order valence-electron chi connectivity index (χ3n) is 6.09. The standard InChI is InChI=1S/C28H26ClN3OS2/c1-3-31-23-18-22(29)14-15-24(23)34-27(31)25-26(33)32(17-16-20-10-6-4-7-11-20)28(35-25)30-19(2)21-12-8-5-9-13-21/h4-15,18-19H,3,16-17H2,1-2H3/b27-25-,30-28?. The highest BCUT2D eigenvalue weighted by atomic mass is 35.5. The molecule has 0 spiro atoms. The third kappa shape index (κ3) is 5.01. The maximum atomic E-state index is 13.8. The number of fused-ring (bicyclic) bond motifs is 1. The minimum atomic E-state index is -0.0513. The number of halogens is 1. The highest BCUT2D eigenvalue weighted by Crippen LogP contribution is 2.51. The molecule has 1 atom stereocenters. The Bertz CT molecular complexity index is 1290. The van der Waals surface area contributed by atoms with E-state index in [9.17, 15) is 4.79 Å². The first kappa shape index (κ1) is 24.0. The smallest absolute Gasteiger partial charge is 0.269 e. The van der Waals surface area contributed by atoms with Gasteiger partial charge in [-0.15, -0.1) is 0 Å². The number of hydrogen-bond acceptors (Lipinski definition) is 5. The molecule has 0 aliphatic carbocycles.